The van der Waals surface area contributed by atoms with E-state index in [1.165, 1.54) is 11.1 Å². The van der Waals surface area contributed by atoms with Crippen LogP contribution in [0.4, 0.5) is 0 Å². The first-order valence-corrected chi connectivity index (χ1v) is 6.44. The monoisotopic (exact) mass is 269 g/mol. The van der Waals surface area contributed by atoms with Gasteiger partial charge in [0.25, 0.3) is 5.91 Å². The molecule has 2 heteroatoms. The van der Waals surface area contributed by atoms with Crippen molar-refractivity contribution in [1.82, 2.24) is 4.90 Å². The Bertz CT molecular complexity index is 551. The van der Waals surface area contributed by atoms with Gasteiger partial charge in [-0.1, -0.05) is 61.0 Å². The Hall–Kier alpha value is -2.09. The lowest BCUT2D eigenvalue weighted by molar-refractivity contribution is 0.0816. The van der Waals surface area contributed by atoms with Crippen LogP contribution in [0.3, 0.4) is 0 Å². The number of fused-ring (bicyclic) bond motifs is 1. The Morgan fingerprint density at radius 1 is 0.900 bits per heavy atom. The largest absolute Gasteiger partial charge is 0.337 e. The number of aryl methyl sites for hydroxylation is 2. The number of carbonyl (C=O) groups excluding carboxylic acids is 1. The van der Waals surface area contributed by atoms with Crippen molar-refractivity contribution < 1.29 is 4.79 Å². The van der Waals surface area contributed by atoms with Crippen LogP contribution in [0.15, 0.2) is 48.5 Å². The Balaban J connectivity index is 0.000000200. The Morgan fingerprint density at radius 3 is 1.90 bits per heavy atom. The smallest absolute Gasteiger partial charge is 0.254 e. The van der Waals surface area contributed by atoms with Crippen molar-refractivity contribution in [3.05, 3.63) is 70.8 Å². The summed E-state index contributed by atoms with van der Waals surface area (Å²) in [6, 6.07) is 16.2. The molecule has 20 heavy (non-hydrogen) atoms. The molecule has 1 heterocycles. The van der Waals surface area contributed by atoms with Crippen LogP contribution in [-0.4, -0.2) is 17.9 Å². The molecule has 1 aliphatic heterocycles. The minimum absolute atomic E-state index is 0. The third kappa shape index (κ3) is 3.70. The van der Waals surface area contributed by atoms with E-state index in [1.54, 1.807) is 4.90 Å². The zero-order valence-electron chi connectivity index (χ0n) is 11.7. The first kappa shape index (κ1) is 16.0. The summed E-state index contributed by atoms with van der Waals surface area (Å²) in [5.41, 5.74) is 4.65. The van der Waals surface area contributed by atoms with Gasteiger partial charge >= 0.3 is 0 Å². The van der Waals surface area contributed by atoms with Gasteiger partial charge < -0.3 is 4.90 Å². The highest BCUT2D eigenvalue weighted by Gasteiger charge is 2.22. The second kappa shape index (κ2) is 6.90. The molecule has 2 aromatic carbocycles. The van der Waals surface area contributed by atoms with Crippen LogP contribution in [0.1, 0.15) is 34.5 Å². The molecule has 3 rings (SSSR count). The van der Waals surface area contributed by atoms with Gasteiger partial charge in [-0.05, 0) is 25.5 Å². The van der Waals surface area contributed by atoms with Gasteiger partial charge in [0, 0.05) is 19.2 Å². The summed E-state index contributed by atoms with van der Waals surface area (Å²) in [4.78, 5) is 13.0. The molecule has 0 bridgehead atoms. The molecule has 0 saturated carbocycles. The Kier molecular flexibility index (Phi) is 5.51. The molecule has 106 valence electrons. The van der Waals surface area contributed by atoms with Crippen molar-refractivity contribution in [2.75, 3.05) is 7.05 Å². The fourth-order valence-electron chi connectivity index (χ4n) is 2.04. The summed E-state index contributed by atoms with van der Waals surface area (Å²) in [7, 11) is 1.82. The maximum Gasteiger partial charge on any atom is 0.254 e. The summed E-state index contributed by atoms with van der Waals surface area (Å²) >= 11 is 0. The minimum Gasteiger partial charge on any atom is -0.337 e. The van der Waals surface area contributed by atoms with Crippen LogP contribution >= 0.6 is 0 Å². The minimum atomic E-state index is 0. The zero-order valence-corrected chi connectivity index (χ0v) is 11.7. The van der Waals surface area contributed by atoms with Crippen LogP contribution in [0.2, 0.25) is 0 Å². The number of amides is 1. The van der Waals surface area contributed by atoms with Gasteiger partial charge in [0.1, 0.15) is 0 Å². The summed E-state index contributed by atoms with van der Waals surface area (Å²) in [5, 5.41) is 0. The van der Waals surface area contributed by atoms with Gasteiger partial charge in [-0.15, -0.1) is 0 Å². The van der Waals surface area contributed by atoms with Crippen molar-refractivity contribution in [2.24, 2.45) is 0 Å². The molecular weight excluding hydrogens is 246 g/mol. The van der Waals surface area contributed by atoms with E-state index in [0.717, 1.165) is 17.7 Å². The number of benzene rings is 2. The molecule has 0 aromatic heterocycles. The molecule has 2 nitrogen and oxygen atoms in total. The Morgan fingerprint density at radius 2 is 1.40 bits per heavy atom. The Labute approximate surface area is 122 Å². The SMILES string of the molecule is C.CN1Cc2ccccc2C1=O.Cc1ccc(C)cc1. The standard InChI is InChI=1S/C9H9NO.C8H10.CH4/c1-10-6-7-4-2-3-5-8(7)9(10)11;1-7-3-5-8(2)6-4-7;/h2-5H,6H2,1H3;3-6H,1-2H3;1H4. The molecule has 0 atom stereocenters. The molecule has 0 radical (unpaired) electrons. The van der Waals surface area contributed by atoms with Crippen molar-refractivity contribution in [3.63, 3.8) is 0 Å². The van der Waals surface area contributed by atoms with Gasteiger partial charge in [0.05, 0.1) is 0 Å². The summed E-state index contributed by atoms with van der Waals surface area (Å²) in [6.45, 7) is 4.95. The molecule has 0 unspecified atom stereocenters. The molecule has 0 spiro atoms. The number of rotatable bonds is 0. The van der Waals surface area contributed by atoms with Gasteiger partial charge in [0.2, 0.25) is 0 Å². The lowest BCUT2D eigenvalue weighted by atomic mass is 10.1. The first-order chi connectivity index (χ1) is 9.08. The van der Waals surface area contributed by atoms with E-state index in [4.69, 9.17) is 0 Å². The van der Waals surface area contributed by atoms with Gasteiger partial charge in [-0.25, -0.2) is 0 Å². The number of nitrogens with zero attached hydrogens (tertiary/aromatic N) is 1. The van der Waals surface area contributed by atoms with E-state index in [-0.39, 0.29) is 13.3 Å². The topological polar surface area (TPSA) is 20.3 Å². The second-order valence-electron chi connectivity index (χ2n) is 4.97. The van der Waals surface area contributed by atoms with Crippen molar-refractivity contribution in [2.45, 2.75) is 27.8 Å². The highest BCUT2D eigenvalue weighted by atomic mass is 16.2. The van der Waals surface area contributed by atoms with E-state index < -0.39 is 0 Å². The summed E-state index contributed by atoms with van der Waals surface area (Å²) in [5.74, 6) is 0.139. The van der Waals surface area contributed by atoms with E-state index in [2.05, 4.69) is 38.1 Å². The predicted octanol–water partition coefficient (Wildman–Crippen LogP) is 4.21. The lowest BCUT2D eigenvalue weighted by Crippen LogP contribution is -2.17. The summed E-state index contributed by atoms with van der Waals surface area (Å²) < 4.78 is 0. The average Bonchev–Trinajstić information content (AvgIpc) is 2.70. The van der Waals surface area contributed by atoms with Crippen molar-refractivity contribution in [3.8, 4) is 0 Å². The highest BCUT2D eigenvalue weighted by molar-refractivity contribution is 5.98. The number of carbonyl (C=O) groups is 1. The molecule has 1 amide bonds. The van der Waals surface area contributed by atoms with E-state index in [9.17, 15) is 4.79 Å². The summed E-state index contributed by atoms with van der Waals surface area (Å²) in [6.07, 6.45) is 0. The maximum atomic E-state index is 11.3. The molecule has 0 saturated heterocycles. The van der Waals surface area contributed by atoms with Crippen molar-refractivity contribution in [1.29, 1.82) is 0 Å². The van der Waals surface area contributed by atoms with Gasteiger partial charge in [0.15, 0.2) is 0 Å². The van der Waals surface area contributed by atoms with E-state index in [1.807, 2.05) is 31.3 Å². The normalized spacial score (nSPS) is 12.2. The fourth-order valence-corrected chi connectivity index (χ4v) is 2.04. The highest BCUT2D eigenvalue weighted by Crippen LogP contribution is 2.19. The van der Waals surface area contributed by atoms with Gasteiger partial charge in [-0.3, -0.25) is 4.79 Å². The fraction of sp³-hybridized carbons (Fsp3) is 0.278. The molecule has 0 N–H and O–H groups in total. The number of hydrogen-bond acceptors (Lipinski definition) is 1. The molecule has 1 aliphatic rings. The van der Waals surface area contributed by atoms with Crippen LogP contribution < -0.4 is 0 Å². The third-order valence-electron chi connectivity index (χ3n) is 3.22. The molecule has 0 fully saturated rings. The van der Waals surface area contributed by atoms with Crippen molar-refractivity contribution >= 4 is 5.91 Å². The molecule has 2 aromatic rings. The first-order valence-electron chi connectivity index (χ1n) is 6.44. The van der Waals surface area contributed by atoms with Crippen LogP contribution in [0.5, 0.6) is 0 Å². The van der Waals surface area contributed by atoms with Crippen LogP contribution in [0.25, 0.3) is 0 Å². The maximum absolute atomic E-state index is 11.3. The molecule has 0 aliphatic carbocycles. The number of hydrogen-bond donors (Lipinski definition) is 0. The van der Waals surface area contributed by atoms with Crippen LogP contribution in [-0.2, 0) is 6.54 Å². The third-order valence-corrected chi connectivity index (χ3v) is 3.22. The van der Waals surface area contributed by atoms with E-state index >= 15 is 0 Å². The lowest BCUT2D eigenvalue weighted by Gasteiger charge is -2.04. The predicted molar refractivity (Wildman–Crippen MR) is 84.9 cm³/mol. The van der Waals surface area contributed by atoms with E-state index in [0.29, 0.717) is 0 Å². The van der Waals surface area contributed by atoms with Gasteiger partial charge in [-0.2, -0.15) is 0 Å². The second-order valence-corrected chi connectivity index (χ2v) is 4.97. The quantitative estimate of drug-likeness (QED) is 0.701. The average molecular weight is 269 g/mol. The zero-order chi connectivity index (χ0) is 13.8. The molecular formula is C18H23NO. The van der Waals surface area contributed by atoms with Crippen LogP contribution in [0, 0.1) is 13.8 Å².